The molecular weight excluding hydrogens is 566 g/mol. The fourth-order valence-electron chi connectivity index (χ4n) is 4.47. The molecule has 0 aliphatic rings. The van der Waals surface area contributed by atoms with E-state index in [0.717, 1.165) is 38.2 Å². The molecule has 0 spiro atoms. The fraction of sp³-hybridized carbons (Fsp3) is 0.0909. The van der Waals surface area contributed by atoms with Crippen LogP contribution in [0, 0.1) is 0 Å². The van der Waals surface area contributed by atoms with Gasteiger partial charge in [0.25, 0.3) is 5.91 Å². The molecule has 40 heavy (non-hydrogen) atoms. The molecule has 0 bridgehead atoms. The summed E-state index contributed by atoms with van der Waals surface area (Å²) in [5.74, 6) is 0.896. The molecule has 0 aliphatic heterocycles. The Morgan fingerprint density at radius 3 is 2.02 bits per heavy atom. The first-order valence-corrected chi connectivity index (χ1v) is 13.6. The van der Waals surface area contributed by atoms with Crippen molar-refractivity contribution in [2.75, 3.05) is 13.7 Å². The number of amides is 1. The Bertz CT molecular complexity index is 1570. The summed E-state index contributed by atoms with van der Waals surface area (Å²) in [6.07, 6.45) is 1.56. The van der Waals surface area contributed by atoms with E-state index in [2.05, 4.69) is 67.4 Å². The summed E-state index contributed by atoms with van der Waals surface area (Å²) in [6.45, 7) is 2.43. The molecule has 200 valence electrons. The smallest absolute Gasteiger partial charge is 0.271 e. The molecule has 4 aromatic carbocycles. The van der Waals surface area contributed by atoms with Crippen molar-refractivity contribution < 1.29 is 14.3 Å². The average molecular weight is 595 g/mol. The van der Waals surface area contributed by atoms with Gasteiger partial charge in [-0.15, -0.1) is 0 Å². The van der Waals surface area contributed by atoms with Gasteiger partial charge in [-0.1, -0.05) is 60.7 Å². The Kier molecular flexibility index (Phi) is 8.42. The number of benzene rings is 4. The molecule has 0 saturated heterocycles. The van der Waals surface area contributed by atoms with Crippen LogP contribution in [0.3, 0.4) is 0 Å². The van der Waals surface area contributed by atoms with Gasteiger partial charge in [0.05, 0.1) is 35.8 Å². The molecule has 0 saturated carbocycles. The predicted molar refractivity (Wildman–Crippen MR) is 164 cm³/mol. The number of halogens is 1. The van der Waals surface area contributed by atoms with E-state index in [1.54, 1.807) is 31.5 Å². The van der Waals surface area contributed by atoms with Gasteiger partial charge in [0.1, 0.15) is 0 Å². The van der Waals surface area contributed by atoms with Gasteiger partial charge < -0.3 is 14.0 Å². The molecule has 0 fully saturated rings. The molecule has 1 amide bonds. The van der Waals surface area contributed by atoms with Crippen molar-refractivity contribution in [2.45, 2.75) is 6.92 Å². The van der Waals surface area contributed by atoms with Crippen LogP contribution < -0.4 is 14.9 Å². The Morgan fingerprint density at radius 1 is 0.875 bits per heavy atom. The lowest BCUT2D eigenvalue weighted by atomic mass is 10.1. The van der Waals surface area contributed by atoms with Crippen LogP contribution in [0.1, 0.15) is 22.8 Å². The lowest BCUT2D eigenvalue weighted by Crippen LogP contribution is -2.17. The number of methoxy groups -OCH3 is 1. The van der Waals surface area contributed by atoms with Gasteiger partial charge in [0, 0.05) is 11.3 Å². The second-order valence-electron chi connectivity index (χ2n) is 8.88. The lowest BCUT2D eigenvalue weighted by Gasteiger charge is -2.15. The van der Waals surface area contributed by atoms with Gasteiger partial charge in [-0.2, -0.15) is 5.10 Å². The summed E-state index contributed by atoms with van der Waals surface area (Å²) in [5, 5.41) is 4.14. The molecule has 1 heterocycles. The third kappa shape index (κ3) is 5.84. The van der Waals surface area contributed by atoms with E-state index >= 15 is 0 Å². The molecule has 5 aromatic rings. The van der Waals surface area contributed by atoms with Gasteiger partial charge in [-0.3, -0.25) is 4.79 Å². The fourth-order valence-corrected chi connectivity index (χ4v) is 5.05. The number of hydrogen-bond donors (Lipinski definition) is 1. The molecule has 6 nitrogen and oxygen atoms in total. The zero-order valence-corrected chi connectivity index (χ0v) is 23.8. The summed E-state index contributed by atoms with van der Waals surface area (Å²) >= 11 is 3.50. The van der Waals surface area contributed by atoms with Crippen molar-refractivity contribution in [1.82, 2.24) is 9.99 Å². The SMILES string of the molecule is CCOc1c(Br)cc(/C=N\NC(=O)c2ccc(-n3c(-c4ccccc4)ccc3-c3ccccc3)cc2)cc1OC. The minimum atomic E-state index is -0.307. The lowest BCUT2D eigenvalue weighted by molar-refractivity contribution is 0.0955. The van der Waals surface area contributed by atoms with Crippen LogP contribution in [-0.4, -0.2) is 30.4 Å². The molecule has 0 atom stereocenters. The quantitative estimate of drug-likeness (QED) is 0.140. The number of carbonyl (C=O) groups excluding carboxylic acids is 1. The first kappa shape index (κ1) is 27.0. The number of rotatable bonds is 9. The zero-order valence-electron chi connectivity index (χ0n) is 22.2. The van der Waals surface area contributed by atoms with Crippen LogP contribution in [0.25, 0.3) is 28.2 Å². The highest BCUT2D eigenvalue weighted by molar-refractivity contribution is 9.10. The average Bonchev–Trinajstić information content (AvgIpc) is 3.44. The van der Waals surface area contributed by atoms with Crippen LogP contribution in [0.5, 0.6) is 11.5 Å². The molecule has 0 radical (unpaired) electrons. The van der Waals surface area contributed by atoms with E-state index in [4.69, 9.17) is 9.47 Å². The Balaban J connectivity index is 1.38. The minimum Gasteiger partial charge on any atom is -0.493 e. The van der Waals surface area contributed by atoms with Crippen LogP contribution in [-0.2, 0) is 0 Å². The van der Waals surface area contributed by atoms with Gasteiger partial charge in [0.15, 0.2) is 11.5 Å². The van der Waals surface area contributed by atoms with Gasteiger partial charge in [-0.25, -0.2) is 5.43 Å². The standard InChI is InChI=1S/C33H28BrN3O3/c1-3-40-32-28(34)20-23(21-31(32)39-2)22-35-36-33(38)26-14-16-27(17-15-26)37-29(24-10-6-4-7-11-24)18-19-30(37)25-12-8-5-9-13-25/h4-22H,3H2,1-2H3,(H,36,38)/b35-22-. The maximum absolute atomic E-state index is 12.9. The van der Waals surface area contributed by atoms with Gasteiger partial charge >= 0.3 is 0 Å². The monoisotopic (exact) mass is 593 g/mol. The summed E-state index contributed by atoms with van der Waals surface area (Å²) in [4.78, 5) is 12.9. The first-order chi connectivity index (χ1) is 19.6. The largest absolute Gasteiger partial charge is 0.493 e. The topological polar surface area (TPSA) is 64.8 Å². The van der Waals surface area contributed by atoms with Crippen molar-refractivity contribution in [2.24, 2.45) is 5.10 Å². The third-order valence-corrected chi connectivity index (χ3v) is 6.92. The molecule has 1 N–H and O–H groups in total. The second kappa shape index (κ2) is 12.5. The Morgan fingerprint density at radius 2 is 1.48 bits per heavy atom. The van der Waals surface area contributed by atoms with Gasteiger partial charge in [-0.05, 0) is 88.1 Å². The van der Waals surface area contributed by atoms with Crippen molar-refractivity contribution in [3.8, 4) is 39.7 Å². The van der Waals surface area contributed by atoms with Crippen LogP contribution >= 0.6 is 15.9 Å². The minimum absolute atomic E-state index is 0.307. The number of hydrogen-bond acceptors (Lipinski definition) is 4. The normalized spacial score (nSPS) is 11.0. The van der Waals surface area contributed by atoms with E-state index in [0.29, 0.717) is 23.7 Å². The second-order valence-corrected chi connectivity index (χ2v) is 9.74. The highest BCUT2D eigenvalue weighted by Gasteiger charge is 2.15. The van der Waals surface area contributed by atoms with Crippen LogP contribution in [0.2, 0.25) is 0 Å². The van der Waals surface area contributed by atoms with Crippen LogP contribution in [0.4, 0.5) is 0 Å². The molecular formula is C33H28BrN3O3. The number of hydrazone groups is 1. The summed E-state index contributed by atoms with van der Waals surface area (Å²) in [6, 6.07) is 35.9. The number of nitrogens with one attached hydrogen (secondary N) is 1. The number of ether oxygens (including phenoxy) is 2. The maximum atomic E-state index is 12.9. The number of nitrogens with zero attached hydrogens (tertiary/aromatic N) is 2. The van der Waals surface area contributed by atoms with Crippen molar-refractivity contribution in [3.05, 3.63) is 125 Å². The van der Waals surface area contributed by atoms with Crippen molar-refractivity contribution in [1.29, 1.82) is 0 Å². The summed E-state index contributed by atoms with van der Waals surface area (Å²) < 4.78 is 14.0. The predicted octanol–water partition coefficient (Wildman–Crippen LogP) is 7.75. The van der Waals surface area contributed by atoms with E-state index in [9.17, 15) is 4.79 Å². The van der Waals surface area contributed by atoms with Crippen molar-refractivity contribution >= 4 is 28.1 Å². The van der Waals surface area contributed by atoms with Gasteiger partial charge in [0.2, 0.25) is 0 Å². The third-order valence-electron chi connectivity index (χ3n) is 6.33. The van der Waals surface area contributed by atoms with Crippen molar-refractivity contribution in [3.63, 3.8) is 0 Å². The maximum Gasteiger partial charge on any atom is 0.271 e. The zero-order chi connectivity index (χ0) is 27.9. The molecule has 1 aromatic heterocycles. The van der Waals surface area contributed by atoms with E-state index in [-0.39, 0.29) is 5.91 Å². The Labute approximate surface area is 242 Å². The Hall–Kier alpha value is -4.62. The molecule has 5 rings (SSSR count). The van der Waals surface area contributed by atoms with Crippen LogP contribution in [0.15, 0.2) is 119 Å². The molecule has 0 unspecified atom stereocenters. The summed E-state index contributed by atoms with van der Waals surface area (Å²) in [7, 11) is 1.58. The van der Waals surface area contributed by atoms with E-state index in [1.165, 1.54) is 0 Å². The van der Waals surface area contributed by atoms with E-state index < -0.39 is 0 Å². The van der Waals surface area contributed by atoms with E-state index in [1.807, 2.05) is 61.5 Å². The first-order valence-electron chi connectivity index (χ1n) is 12.9. The highest BCUT2D eigenvalue weighted by Crippen LogP contribution is 2.36. The highest BCUT2D eigenvalue weighted by atomic mass is 79.9. The number of aromatic nitrogens is 1. The summed E-state index contributed by atoms with van der Waals surface area (Å²) in [5.41, 5.74) is 9.17. The number of carbonyl (C=O) groups is 1. The molecule has 0 aliphatic carbocycles. The molecule has 7 heteroatoms.